The molecule has 3 heteroatoms. The van der Waals surface area contributed by atoms with Crippen molar-refractivity contribution in [2.75, 3.05) is 12.4 Å². The highest BCUT2D eigenvalue weighted by Crippen LogP contribution is 2.52. The third-order valence-corrected chi connectivity index (χ3v) is 5.13. The first-order chi connectivity index (χ1) is 10.8. The first kappa shape index (κ1) is 13.7. The van der Waals surface area contributed by atoms with Gasteiger partial charge in [0.2, 0.25) is 0 Å². The van der Waals surface area contributed by atoms with E-state index in [0.717, 1.165) is 22.9 Å². The quantitative estimate of drug-likeness (QED) is 0.772. The van der Waals surface area contributed by atoms with Crippen LogP contribution >= 0.6 is 11.6 Å². The lowest BCUT2D eigenvalue weighted by Crippen LogP contribution is -2.29. The van der Waals surface area contributed by atoms with E-state index in [0.29, 0.717) is 11.8 Å². The van der Waals surface area contributed by atoms with E-state index in [4.69, 9.17) is 16.3 Å². The maximum absolute atomic E-state index is 6.44. The zero-order chi connectivity index (χ0) is 15.1. The van der Waals surface area contributed by atoms with Gasteiger partial charge in [-0.2, -0.15) is 0 Å². The minimum atomic E-state index is 0.212. The Morgan fingerprint density at radius 3 is 2.77 bits per heavy atom. The van der Waals surface area contributed by atoms with Crippen LogP contribution in [0.25, 0.3) is 0 Å². The lowest BCUT2D eigenvalue weighted by molar-refractivity contribution is 0.381. The van der Waals surface area contributed by atoms with E-state index < -0.39 is 0 Å². The molecule has 0 bridgehead atoms. The van der Waals surface area contributed by atoms with Crippen LogP contribution in [0.5, 0.6) is 5.75 Å². The number of methoxy groups -OCH3 is 1. The Balaban J connectivity index is 1.84. The average Bonchev–Trinajstić information content (AvgIpc) is 3.04. The van der Waals surface area contributed by atoms with Gasteiger partial charge in [0.1, 0.15) is 5.75 Å². The number of hydrogen-bond donors (Lipinski definition) is 1. The summed E-state index contributed by atoms with van der Waals surface area (Å²) in [7, 11) is 1.73. The third kappa shape index (κ3) is 2.02. The van der Waals surface area contributed by atoms with Crippen molar-refractivity contribution in [2.24, 2.45) is 5.92 Å². The Morgan fingerprint density at radius 2 is 1.91 bits per heavy atom. The van der Waals surface area contributed by atoms with Gasteiger partial charge in [-0.3, -0.25) is 0 Å². The SMILES string of the molecule is COc1ccccc1[C@@H]1Nc2c(Cl)cccc2[C@@H]2C=CC[C@@H]21. The number of anilines is 1. The van der Waals surface area contributed by atoms with Crippen LogP contribution in [0.2, 0.25) is 5.02 Å². The molecule has 0 spiro atoms. The van der Waals surface area contributed by atoms with Crippen molar-refractivity contribution in [1.82, 2.24) is 0 Å². The summed E-state index contributed by atoms with van der Waals surface area (Å²) >= 11 is 6.44. The molecule has 0 amide bonds. The van der Waals surface area contributed by atoms with E-state index in [1.165, 1.54) is 11.1 Å². The van der Waals surface area contributed by atoms with E-state index >= 15 is 0 Å². The van der Waals surface area contributed by atoms with Crippen molar-refractivity contribution in [3.8, 4) is 5.75 Å². The molecule has 0 fully saturated rings. The van der Waals surface area contributed by atoms with Crippen molar-refractivity contribution >= 4 is 17.3 Å². The Labute approximate surface area is 135 Å². The summed E-state index contributed by atoms with van der Waals surface area (Å²) in [6.07, 6.45) is 5.69. The summed E-state index contributed by atoms with van der Waals surface area (Å²) in [5.41, 5.74) is 3.57. The highest BCUT2D eigenvalue weighted by atomic mass is 35.5. The number of ether oxygens (including phenoxy) is 1. The fourth-order valence-electron chi connectivity index (χ4n) is 3.81. The van der Waals surface area contributed by atoms with Crippen LogP contribution < -0.4 is 10.1 Å². The van der Waals surface area contributed by atoms with Crippen molar-refractivity contribution < 1.29 is 4.74 Å². The molecule has 0 saturated carbocycles. The molecule has 3 atom stereocenters. The van der Waals surface area contributed by atoms with Gasteiger partial charge in [-0.25, -0.2) is 0 Å². The van der Waals surface area contributed by atoms with Crippen LogP contribution in [-0.4, -0.2) is 7.11 Å². The first-order valence-electron chi connectivity index (χ1n) is 7.64. The number of allylic oxidation sites excluding steroid dienone is 2. The number of rotatable bonds is 2. The van der Waals surface area contributed by atoms with Gasteiger partial charge in [0.15, 0.2) is 0 Å². The lowest BCUT2D eigenvalue weighted by atomic mass is 9.77. The molecule has 0 aromatic heterocycles. The van der Waals surface area contributed by atoms with Gasteiger partial charge in [-0.1, -0.05) is 54.1 Å². The fraction of sp³-hybridized carbons (Fsp3) is 0.263. The van der Waals surface area contributed by atoms with E-state index in [1.807, 2.05) is 24.3 Å². The van der Waals surface area contributed by atoms with Crippen LogP contribution in [0.4, 0.5) is 5.69 Å². The van der Waals surface area contributed by atoms with Gasteiger partial charge in [0.25, 0.3) is 0 Å². The molecule has 2 aliphatic rings. The molecule has 1 N–H and O–H groups in total. The summed E-state index contributed by atoms with van der Waals surface area (Å²) in [5.74, 6) is 1.85. The van der Waals surface area contributed by atoms with Crippen LogP contribution in [0.3, 0.4) is 0 Å². The molecule has 1 aliphatic heterocycles. The molecule has 2 aromatic rings. The van der Waals surface area contributed by atoms with Crippen LogP contribution in [-0.2, 0) is 0 Å². The van der Waals surface area contributed by atoms with Crippen LogP contribution in [0, 0.1) is 5.92 Å². The largest absolute Gasteiger partial charge is 0.496 e. The molecule has 22 heavy (non-hydrogen) atoms. The van der Waals surface area contributed by atoms with Crippen molar-refractivity contribution in [3.05, 3.63) is 70.8 Å². The minimum absolute atomic E-state index is 0.212. The maximum Gasteiger partial charge on any atom is 0.124 e. The second kappa shape index (κ2) is 5.36. The summed E-state index contributed by atoms with van der Waals surface area (Å²) in [6.45, 7) is 0. The number of fused-ring (bicyclic) bond motifs is 3. The Morgan fingerprint density at radius 1 is 1.09 bits per heavy atom. The summed E-state index contributed by atoms with van der Waals surface area (Å²) < 4.78 is 5.57. The standard InChI is InChI=1S/C19H18ClNO/c1-22-17-11-3-2-6-15(17)18-13-8-4-7-12(13)14-9-5-10-16(20)19(14)21-18/h2-7,9-13,18,21H,8H2,1H3/t12-,13+,18-/m1/s1. The number of benzene rings is 2. The molecule has 0 saturated heterocycles. The lowest BCUT2D eigenvalue weighted by Gasteiger charge is -2.38. The molecule has 0 unspecified atom stereocenters. The zero-order valence-corrected chi connectivity index (χ0v) is 13.2. The van der Waals surface area contributed by atoms with E-state index in [2.05, 4.69) is 35.7 Å². The molecule has 1 heterocycles. The topological polar surface area (TPSA) is 21.3 Å². The van der Waals surface area contributed by atoms with E-state index in [-0.39, 0.29) is 6.04 Å². The van der Waals surface area contributed by atoms with Gasteiger partial charge in [-0.15, -0.1) is 0 Å². The molecular weight excluding hydrogens is 294 g/mol. The van der Waals surface area contributed by atoms with Crippen molar-refractivity contribution in [3.63, 3.8) is 0 Å². The average molecular weight is 312 g/mol. The number of hydrogen-bond acceptors (Lipinski definition) is 2. The Bertz CT molecular complexity index is 740. The highest BCUT2D eigenvalue weighted by molar-refractivity contribution is 6.33. The highest BCUT2D eigenvalue weighted by Gasteiger charge is 2.39. The smallest absolute Gasteiger partial charge is 0.124 e. The Hall–Kier alpha value is -1.93. The summed E-state index contributed by atoms with van der Waals surface area (Å²) in [6, 6.07) is 14.6. The number of para-hydroxylation sites is 2. The molecule has 2 nitrogen and oxygen atoms in total. The van der Waals surface area contributed by atoms with Gasteiger partial charge in [-0.05, 0) is 30.0 Å². The normalized spacial score (nSPS) is 25.3. The van der Waals surface area contributed by atoms with Crippen LogP contribution in [0.1, 0.15) is 29.5 Å². The van der Waals surface area contributed by atoms with E-state index in [1.54, 1.807) is 7.11 Å². The van der Waals surface area contributed by atoms with Gasteiger partial charge < -0.3 is 10.1 Å². The van der Waals surface area contributed by atoms with Crippen LogP contribution in [0.15, 0.2) is 54.6 Å². The molecule has 112 valence electrons. The maximum atomic E-state index is 6.44. The second-order valence-corrected chi connectivity index (χ2v) is 6.33. The number of halogens is 1. The summed E-state index contributed by atoms with van der Waals surface area (Å²) in [5, 5.41) is 4.46. The molecule has 1 aliphatic carbocycles. The molecular formula is C19H18ClNO. The fourth-order valence-corrected chi connectivity index (χ4v) is 4.05. The van der Waals surface area contributed by atoms with Gasteiger partial charge >= 0.3 is 0 Å². The first-order valence-corrected chi connectivity index (χ1v) is 8.02. The number of nitrogens with one attached hydrogen (secondary N) is 1. The predicted molar refractivity (Wildman–Crippen MR) is 90.8 cm³/mol. The predicted octanol–water partition coefficient (Wildman–Crippen LogP) is 5.18. The molecule has 2 aromatic carbocycles. The molecule has 0 radical (unpaired) electrons. The van der Waals surface area contributed by atoms with E-state index in [9.17, 15) is 0 Å². The van der Waals surface area contributed by atoms with Crippen molar-refractivity contribution in [1.29, 1.82) is 0 Å². The second-order valence-electron chi connectivity index (χ2n) is 5.92. The molecule has 4 rings (SSSR count). The third-order valence-electron chi connectivity index (χ3n) is 4.82. The Kier molecular flexibility index (Phi) is 3.34. The summed E-state index contributed by atoms with van der Waals surface area (Å²) in [4.78, 5) is 0. The van der Waals surface area contributed by atoms with Gasteiger partial charge in [0, 0.05) is 11.5 Å². The van der Waals surface area contributed by atoms with Gasteiger partial charge in [0.05, 0.1) is 23.9 Å². The van der Waals surface area contributed by atoms with Crippen molar-refractivity contribution in [2.45, 2.75) is 18.4 Å². The zero-order valence-electron chi connectivity index (χ0n) is 12.4. The monoisotopic (exact) mass is 311 g/mol. The minimum Gasteiger partial charge on any atom is -0.496 e.